The number of aliphatic hydroxyl groups is 1. The molecule has 0 aliphatic carbocycles. The highest BCUT2D eigenvalue weighted by Crippen LogP contribution is 2.27. The highest BCUT2D eigenvalue weighted by molar-refractivity contribution is 7.05. The summed E-state index contributed by atoms with van der Waals surface area (Å²) >= 11 is 1.32. The van der Waals surface area contributed by atoms with Gasteiger partial charge in [-0.2, -0.15) is 0 Å². The van der Waals surface area contributed by atoms with E-state index in [4.69, 9.17) is 0 Å². The molecule has 0 bridgehead atoms. The van der Waals surface area contributed by atoms with Crippen molar-refractivity contribution in [2.45, 2.75) is 46.1 Å². The van der Waals surface area contributed by atoms with Crippen molar-refractivity contribution in [1.82, 2.24) is 9.59 Å². The van der Waals surface area contributed by atoms with E-state index in [1.54, 1.807) is 0 Å². The van der Waals surface area contributed by atoms with Crippen molar-refractivity contribution in [1.29, 1.82) is 0 Å². The predicted octanol–water partition coefficient (Wildman–Crippen LogP) is 3.38. The van der Waals surface area contributed by atoms with Crippen LogP contribution in [0.2, 0.25) is 0 Å². The van der Waals surface area contributed by atoms with Crippen molar-refractivity contribution in [2.24, 2.45) is 0 Å². The average Bonchev–Trinajstić information content (AvgIpc) is 2.83. The summed E-state index contributed by atoms with van der Waals surface area (Å²) in [6.45, 7) is 6.29. The lowest BCUT2D eigenvalue weighted by Gasteiger charge is -2.14. The Labute approximate surface area is 118 Å². The second-order valence-corrected chi connectivity index (χ2v) is 5.71. The molecule has 0 amide bonds. The largest absolute Gasteiger partial charge is 0.387 e. The molecule has 2 aromatic rings. The first-order valence-corrected chi connectivity index (χ1v) is 7.45. The Morgan fingerprint density at radius 3 is 2.58 bits per heavy atom. The Morgan fingerprint density at radius 2 is 1.95 bits per heavy atom. The van der Waals surface area contributed by atoms with E-state index >= 15 is 0 Å². The number of aryl methyl sites for hydroxylation is 3. The zero-order valence-corrected chi connectivity index (χ0v) is 12.5. The van der Waals surface area contributed by atoms with E-state index in [9.17, 15) is 5.11 Å². The van der Waals surface area contributed by atoms with Crippen LogP contribution in [0.4, 0.5) is 0 Å². The molecule has 0 radical (unpaired) electrons. The van der Waals surface area contributed by atoms with Crippen LogP contribution in [0.15, 0.2) is 18.2 Å². The Bertz CT molecular complexity index is 531. The van der Waals surface area contributed by atoms with Gasteiger partial charge >= 0.3 is 0 Å². The first-order chi connectivity index (χ1) is 9.13. The first-order valence-electron chi connectivity index (χ1n) is 6.67. The van der Waals surface area contributed by atoms with E-state index < -0.39 is 6.10 Å². The van der Waals surface area contributed by atoms with Gasteiger partial charge in [-0.1, -0.05) is 36.0 Å². The lowest BCUT2D eigenvalue weighted by atomic mass is 9.96. The van der Waals surface area contributed by atoms with Gasteiger partial charge in [-0.3, -0.25) is 0 Å². The number of hydrogen-bond donors (Lipinski definition) is 1. The van der Waals surface area contributed by atoms with Crippen LogP contribution in [0.25, 0.3) is 0 Å². The molecule has 2 rings (SSSR count). The number of aliphatic hydroxyl groups excluding tert-OH is 1. The van der Waals surface area contributed by atoms with Gasteiger partial charge in [0.1, 0.15) is 0 Å². The van der Waals surface area contributed by atoms with Gasteiger partial charge in [0, 0.05) is 6.42 Å². The molecule has 0 aliphatic heterocycles. The van der Waals surface area contributed by atoms with E-state index in [0.29, 0.717) is 6.42 Å². The number of benzene rings is 1. The zero-order chi connectivity index (χ0) is 13.8. The quantitative estimate of drug-likeness (QED) is 0.910. The first kappa shape index (κ1) is 14.2. The Morgan fingerprint density at radius 1 is 1.26 bits per heavy atom. The maximum Gasteiger partial charge on any atom is 0.0957 e. The molecular formula is C15H20N2OS. The monoisotopic (exact) mass is 276 g/mol. The fraction of sp³-hybridized carbons (Fsp3) is 0.467. The molecule has 0 fully saturated rings. The summed E-state index contributed by atoms with van der Waals surface area (Å²) in [5.74, 6) is 0. The maximum atomic E-state index is 10.4. The summed E-state index contributed by atoms with van der Waals surface area (Å²) < 4.78 is 3.98. The fourth-order valence-corrected chi connectivity index (χ4v) is 3.02. The molecule has 0 aliphatic rings. The molecule has 4 heteroatoms. The number of nitrogens with zero attached hydrogens (tertiary/aromatic N) is 2. The Balaban J connectivity index is 2.21. The minimum Gasteiger partial charge on any atom is -0.387 e. The SMILES string of the molecule is CCCc1nnsc1C(O)Cc1c(C)cccc1C. The minimum atomic E-state index is -0.499. The molecule has 0 saturated heterocycles. The normalized spacial score (nSPS) is 12.6. The second-order valence-electron chi connectivity index (χ2n) is 4.92. The molecule has 19 heavy (non-hydrogen) atoms. The number of rotatable bonds is 5. The third-order valence-electron chi connectivity index (χ3n) is 3.42. The second kappa shape index (κ2) is 6.26. The molecule has 0 saturated carbocycles. The van der Waals surface area contributed by atoms with Crippen molar-refractivity contribution in [2.75, 3.05) is 0 Å². The standard InChI is InChI=1S/C15H20N2OS/c1-4-6-13-15(19-17-16-13)14(18)9-12-10(2)7-5-8-11(12)3/h5,7-8,14,18H,4,6,9H2,1-3H3. The number of hydrogen-bond acceptors (Lipinski definition) is 4. The van der Waals surface area contributed by atoms with Crippen LogP contribution < -0.4 is 0 Å². The van der Waals surface area contributed by atoms with Gasteiger partial charge in [-0.25, -0.2) is 0 Å². The third-order valence-corrected chi connectivity index (χ3v) is 4.28. The molecule has 3 nitrogen and oxygen atoms in total. The maximum absolute atomic E-state index is 10.4. The minimum absolute atomic E-state index is 0.499. The van der Waals surface area contributed by atoms with Crippen molar-refractivity contribution >= 4 is 11.5 Å². The Hall–Kier alpha value is -1.26. The van der Waals surface area contributed by atoms with Gasteiger partial charge in [0.05, 0.1) is 16.7 Å². The van der Waals surface area contributed by atoms with E-state index in [2.05, 4.69) is 48.6 Å². The van der Waals surface area contributed by atoms with Gasteiger partial charge in [0.15, 0.2) is 0 Å². The van der Waals surface area contributed by atoms with Gasteiger partial charge in [-0.05, 0) is 48.5 Å². The lowest BCUT2D eigenvalue weighted by molar-refractivity contribution is 0.180. The summed E-state index contributed by atoms with van der Waals surface area (Å²) in [4.78, 5) is 0.921. The van der Waals surface area contributed by atoms with Crippen LogP contribution in [-0.2, 0) is 12.8 Å². The van der Waals surface area contributed by atoms with Crippen LogP contribution in [0, 0.1) is 13.8 Å². The molecule has 102 valence electrons. The predicted molar refractivity (Wildman–Crippen MR) is 78.5 cm³/mol. The van der Waals surface area contributed by atoms with Crippen LogP contribution >= 0.6 is 11.5 Å². The van der Waals surface area contributed by atoms with Gasteiger partial charge < -0.3 is 5.11 Å². The van der Waals surface area contributed by atoms with E-state index in [1.807, 2.05) is 0 Å². The summed E-state index contributed by atoms with van der Waals surface area (Å²) in [5, 5.41) is 14.6. The Kier molecular flexibility index (Phi) is 4.66. The summed E-state index contributed by atoms with van der Waals surface area (Å²) in [7, 11) is 0. The highest BCUT2D eigenvalue weighted by Gasteiger charge is 2.18. The third kappa shape index (κ3) is 3.19. The average molecular weight is 276 g/mol. The zero-order valence-electron chi connectivity index (χ0n) is 11.7. The van der Waals surface area contributed by atoms with E-state index in [-0.39, 0.29) is 0 Å². The van der Waals surface area contributed by atoms with Crippen molar-refractivity contribution in [3.63, 3.8) is 0 Å². The van der Waals surface area contributed by atoms with Gasteiger partial charge in [0.2, 0.25) is 0 Å². The fourth-order valence-electron chi connectivity index (χ4n) is 2.34. The molecule has 1 unspecified atom stereocenters. The molecule has 1 aromatic carbocycles. The summed E-state index contributed by atoms with van der Waals surface area (Å²) in [6.07, 6.45) is 2.05. The van der Waals surface area contributed by atoms with E-state index in [0.717, 1.165) is 23.4 Å². The highest BCUT2D eigenvalue weighted by atomic mass is 32.1. The van der Waals surface area contributed by atoms with Crippen LogP contribution in [-0.4, -0.2) is 14.7 Å². The molecule has 1 N–H and O–H groups in total. The molecule has 1 aromatic heterocycles. The van der Waals surface area contributed by atoms with Crippen molar-refractivity contribution in [3.05, 3.63) is 45.5 Å². The molecular weight excluding hydrogens is 256 g/mol. The lowest BCUT2D eigenvalue weighted by Crippen LogP contribution is -2.06. The van der Waals surface area contributed by atoms with Gasteiger partial charge in [-0.15, -0.1) is 5.10 Å². The summed E-state index contributed by atoms with van der Waals surface area (Å²) in [6, 6.07) is 6.23. The van der Waals surface area contributed by atoms with Crippen LogP contribution in [0.3, 0.4) is 0 Å². The summed E-state index contributed by atoms with van der Waals surface area (Å²) in [5.41, 5.74) is 4.64. The smallest absolute Gasteiger partial charge is 0.0957 e. The number of aromatic nitrogens is 2. The van der Waals surface area contributed by atoms with Crippen LogP contribution in [0.1, 0.15) is 46.7 Å². The molecule has 1 heterocycles. The van der Waals surface area contributed by atoms with E-state index in [1.165, 1.54) is 28.2 Å². The molecule has 0 spiro atoms. The van der Waals surface area contributed by atoms with Gasteiger partial charge in [0.25, 0.3) is 0 Å². The van der Waals surface area contributed by atoms with Crippen molar-refractivity contribution < 1.29 is 5.11 Å². The van der Waals surface area contributed by atoms with Crippen molar-refractivity contribution in [3.8, 4) is 0 Å². The topological polar surface area (TPSA) is 46.0 Å². The van der Waals surface area contributed by atoms with Crippen LogP contribution in [0.5, 0.6) is 0 Å². The molecule has 1 atom stereocenters.